The van der Waals surface area contributed by atoms with Gasteiger partial charge in [-0.15, -0.1) is 24.8 Å². The average Bonchev–Trinajstić information content (AvgIpc) is 3.18. The number of halogens is 2. The van der Waals surface area contributed by atoms with Crippen molar-refractivity contribution in [3.05, 3.63) is 30.1 Å². The summed E-state index contributed by atoms with van der Waals surface area (Å²) in [6.45, 7) is 9.97. The number of carbonyl (C=O) groups excluding carboxylic acids is 1. The zero-order valence-corrected chi connectivity index (χ0v) is 22.5. The standard InChI is InChI=1S/C25H40N4O3.2ClH/c1-5-23(30)19-14-20(16-26-15-19)29(17-18(2)3)25(31)24-27-21-10-6-7-11-22(21)28(24)12-8-9-13-32-4;;/h6-7,10-11,18-20,23,26,30H,5,8-9,12-17H2,1-4H3;2*1H/t19-,20+,23?;;/m1../s1. The predicted molar refractivity (Wildman–Crippen MR) is 142 cm³/mol. The molecule has 34 heavy (non-hydrogen) atoms. The van der Waals surface area contributed by atoms with Gasteiger partial charge in [0.05, 0.1) is 17.1 Å². The van der Waals surface area contributed by atoms with Gasteiger partial charge in [-0.25, -0.2) is 4.98 Å². The van der Waals surface area contributed by atoms with E-state index in [2.05, 4.69) is 23.7 Å². The lowest BCUT2D eigenvalue weighted by Gasteiger charge is -2.40. The summed E-state index contributed by atoms with van der Waals surface area (Å²) in [5.74, 6) is 1.01. The largest absolute Gasteiger partial charge is 0.393 e. The quantitative estimate of drug-likeness (QED) is 0.438. The molecule has 1 aromatic carbocycles. The van der Waals surface area contributed by atoms with Crippen LogP contribution in [-0.4, -0.2) is 71.0 Å². The summed E-state index contributed by atoms with van der Waals surface area (Å²) >= 11 is 0. The molecule has 0 saturated carbocycles. The highest BCUT2D eigenvalue weighted by molar-refractivity contribution is 5.95. The molecule has 2 N–H and O–H groups in total. The number of unbranched alkanes of at least 4 members (excludes halogenated alkanes) is 1. The molecule has 3 atom stereocenters. The second-order valence-corrected chi connectivity index (χ2v) is 9.41. The zero-order valence-electron chi connectivity index (χ0n) is 20.9. The third kappa shape index (κ3) is 7.56. The Morgan fingerprint density at radius 3 is 2.68 bits per heavy atom. The summed E-state index contributed by atoms with van der Waals surface area (Å²) < 4.78 is 7.28. The van der Waals surface area contributed by atoms with Crippen LogP contribution in [0.4, 0.5) is 0 Å². The van der Waals surface area contributed by atoms with Gasteiger partial charge in [0.25, 0.3) is 5.91 Å². The Kier molecular flexibility index (Phi) is 13.4. The Hall–Kier alpha value is -1.38. The van der Waals surface area contributed by atoms with Gasteiger partial charge >= 0.3 is 0 Å². The molecule has 1 saturated heterocycles. The number of benzene rings is 1. The van der Waals surface area contributed by atoms with Crippen LogP contribution in [-0.2, 0) is 11.3 Å². The van der Waals surface area contributed by atoms with Crippen LogP contribution in [0.25, 0.3) is 11.0 Å². The Labute approximate surface area is 216 Å². The smallest absolute Gasteiger partial charge is 0.290 e. The number of piperidine rings is 1. The first-order valence-corrected chi connectivity index (χ1v) is 12.1. The molecule has 3 rings (SSSR count). The first-order valence-electron chi connectivity index (χ1n) is 12.1. The number of hydrogen-bond acceptors (Lipinski definition) is 5. The molecule has 1 fully saturated rings. The number of aryl methyl sites for hydroxylation is 1. The van der Waals surface area contributed by atoms with Crippen molar-refractivity contribution in [2.24, 2.45) is 11.8 Å². The number of carbonyl (C=O) groups is 1. The third-order valence-corrected chi connectivity index (χ3v) is 6.41. The average molecular weight is 518 g/mol. The minimum absolute atomic E-state index is 0. The molecule has 1 aliphatic heterocycles. The molecule has 1 aromatic heterocycles. The van der Waals surface area contributed by atoms with Crippen LogP contribution in [0.3, 0.4) is 0 Å². The fourth-order valence-corrected chi connectivity index (χ4v) is 4.72. The Balaban J connectivity index is 0.00000289. The summed E-state index contributed by atoms with van der Waals surface area (Å²) in [7, 11) is 1.71. The number of aromatic nitrogens is 2. The number of aliphatic hydroxyl groups excluding tert-OH is 1. The molecule has 9 heteroatoms. The number of fused-ring (bicyclic) bond motifs is 1. The SMILES string of the molecule is CCC(O)[C@H]1CNC[C@@H](N(CC(C)C)C(=O)c2nc3ccccc3n2CCCCOC)C1.Cl.Cl. The van der Waals surface area contributed by atoms with E-state index in [1.165, 1.54) is 0 Å². The van der Waals surface area contributed by atoms with E-state index < -0.39 is 0 Å². The van der Waals surface area contributed by atoms with Crippen molar-refractivity contribution in [2.75, 3.05) is 33.4 Å². The Bertz CT molecular complexity index is 877. The number of methoxy groups -OCH3 is 1. The molecule has 2 heterocycles. The summed E-state index contributed by atoms with van der Waals surface area (Å²) in [4.78, 5) is 20.7. The van der Waals surface area contributed by atoms with Gasteiger partial charge in [0, 0.05) is 45.9 Å². The van der Waals surface area contributed by atoms with Gasteiger partial charge in [0.2, 0.25) is 0 Å². The first-order chi connectivity index (χ1) is 15.5. The fourth-order valence-electron chi connectivity index (χ4n) is 4.72. The van der Waals surface area contributed by atoms with Crippen LogP contribution in [0.5, 0.6) is 0 Å². The maximum atomic E-state index is 13.9. The van der Waals surface area contributed by atoms with Crippen molar-refractivity contribution >= 4 is 41.8 Å². The van der Waals surface area contributed by atoms with Crippen molar-refractivity contribution in [3.8, 4) is 0 Å². The molecular weight excluding hydrogens is 475 g/mol. The molecule has 7 nitrogen and oxygen atoms in total. The van der Waals surface area contributed by atoms with E-state index in [1.54, 1.807) is 7.11 Å². The summed E-state index contributed by atoms with van der Waals surface area (Å²) in [6, 6.07) is 8.02. The first kappa shape index (κ1) is 30.7. The molecule has 0 spiro atoms. The van der Waals surface area contributed by atoms with Crippen LogP contribution >= 0.6 is 24.8 Å². The molecule has 2 aromatic rings. The summed E-state index contributed by atoms with van der Waals surface area (Å²) in [6.07, 6.45) is 3.07. The second kappa shape index (κ2) is 14.9. The number of hydrogen-bond donors (Lipinski definition) is 2. The van der Waals surface area contributed by atoms with Crippen molar-refractivity contribution in [3.63, 3.8) is 0 Å². The lowest BCUT2D eigenvalue weighted by atomic mass is 9.88. The van der Waals surface area contributed by atoms with E-state index in [0.717, 1.165) is 56.4 Å². The van der Waals surface area contributed by atoms with Gasteiger partial charge < -0.3 is 24.6 Å². The molecule has 0 aliphatic carbocycles. The highest BCUT2D eigenvalue weighted by atomic mass is 35.5. The molecule has 1 unspecified atom stereocenters. The maximum absolute atomic E-state index is 13.9. The molecule has 0 bridgehead atoms. The lowest BCUT2D eigenvalue weighted by Crippen LogP contribution is -2.54. The van der Waals surface area contributed by atoms with E-state index in [0.29, 0.717) is 24.9 Å². The Morgan fingerprint density at radius 1 is 1.26 bits per heavy atom. The summed E-state index contributed by atoms with van der Waals surface area (Å²) in [5, 5.41) is 13.9. The zero-order chi connectivity index (χ0) is 23.1. The van der Waals surface area contributed by atoms with Crippen LogP contribution in [0.1, 0.15) is 57.1 Å². The van der Waals surface area contributed by atoms with Crippen molar-refractivity contribution in [2.45, 2.75) is 65.1 Å². The number of para-hydroxylation sites is 2. The predicted octanol–water partition coefficient (Wildman–Crippen LogP) is 4.15. The minimum Gasteiger partial charge on any atom is -0.393 e. The van der Waals surface area contributed by atoms with Crippen molar-refractivity contribution in [1.29, 1.82) is 0 Å². The molecule has 0 radical (unpaired) electrons. The van der Waals surface area contributed by atoms with E-state index >= 15 is 0 Å². The van der Waals surface area contributed by atoms with E-state index in [1.807, 2.05) is 36.1 Å². The lowest BCUT2D eigenvalue weighted by molar-refractivity contribution is 0.0383. The second-order valence-electron chi connectivity index (χ2n) is 9.41. The molecular formula is C25H42Cl2N4O3. The number of aliphatic hydroxyl groups is 1. The topological polar surface area (TPSA) is 79.6 Å². The van der Waals surface area contributed by atoms with Crippen LogP contribution in [0.2, 0.25) is 0 Å². The van der Waals surface area contributed by atoms with Gasteiger partial charge in [-0.05, 0) is 49.7 Å². The summed E-state index contributed by atoms with van der Waals surface area (Å²) in [5.41, 5.74) is 1.85. The molecule has 1 aliphatic rings. The van der Waals surface area contributed by atoms with E-state index in [-0.39, 0.29) is 48.8 Å². The van der Waals surface area contributed by atoms with E-state index in [9.17, 15) is 9.90 Å². The molecule has 1 amide bonds. The molecule has 194 valence electrons. The van der Waals surface area contributed by atoms with Gasteiger partial charge in [-0.2, -0.15) is 0 Å². The highest BCUT2D eigenvalue weighted by Gasteiger charge is 2.34. The number of imidazole rings is 1. The third-order valence-electron chi connectivity index (χ3n) is 6.41. The number of rotatable bonds is 11. The van der Waals surface area contributed by atoms with Crippen LogP contribution < -0.4 is 5.32 Å². The van der Waals surface area contributed by atoms with Crippen molar-refractivity contribution < 1.29 is 14.6 Å². The number of nitrogens with zero attached hydrogens (tertiary/aromatic N) is 3. The van der Waals surface area contributed by atoms with Gasteiger partial charge in [-0.1, -0.05) is 32.9 Å². The minimum atomic E-state index is -0.341. The van der Waals surface area contributed by atoms with Crippen molar-refractivity contribution in [1.82, 2.24) is 19.8 Å². The fraction of sp³-hybridized carbons (Fsp3) is 0.680. The van der Waals surface area contributed by atoms with Crippen LogP contribution in [0.15, 0.2) is 24.3 Å². The normalized spacial score (nSPS) is 18.9. The number of ether oxygens (including phenoxy) is 1. The number of amides is 1. The Morgan fingerprint density at radius 2 is 2.00 bits per heavy atom. The number of nitrogens with one attached hydrogen (secondary N) is 1. The van der Waals surface area contributed by atoms with Crippen LogP contribution in [0, 0.1) is 11.8 Å². The van der Waals surface area contributed by atoms with Gasteiger partial charge in [0.1, 0.15) is 0 Å². The maximum Gasteiger partial charge on any atom is 0.290 e. The monoisotopic (exact) mass is 516 g/mol. The van der Waals surface area contributed by atoms with Gasteiger partial charge in [-0.3, -0.25) is 4.79 Å². The van der Waals surface area contributed by atoms with E-state index in [4.69, 9.17) is 9.72 Å². The van der Waals surface area contributed by atoms with Gasteiger partial charge in [0.15, 0.2) is 5.82 Å². The highest BCUT2D eigenvalue weighted by Crippen LogP contribution is 2.25.